The van der Waals surface area contributed by atoms with E-state index in [1.807, 2.05) is 26.6 Å². The molecule has 0 heterocycles. The van der Waals surface area contributed by atoms with Crippen LogP contribution in [0.4, 0.5) is 0 Å². The second-order valence-corrected chi connectivity index (χ2v) is 19.0. The molecule has 0 aliphatic rings. The zero-order valence-electron chi connectivity index (χ0n) is 27.3. The summed E-state index contributed by atoms with van der Waals surface area (Å²) in [7, 11) is -8.81. The van der Waals surface area contributed by atoms with Crippen LogP contribution in [0.1, 0.15) is 35.8 Å². The number of benzene rings is 4. The molecule has 0 aliphatic heterocycles. The quantitative estimate of drug-likeness (QED) is 0.106. The van der Waals surface area contributed by atoms with Crippen LogP contribution >= 0.6 is 0 Å². The molecule has 0 fully saturated rings. The van der Waals surface area contributed by atoms with Crippen LogP contribution in [-0.2, 0) is 39.0 Å². The van der Waals surface area contributed by atoms with Crippen molar-refractivity contribution in [3.63, 3.8) is 0 Å². The van der Waals surface area contributed by atoms with Gasteiger partial charge < -0.3 is 22.6 Å². The van der Waals surface area contributed by atoms with Crippen molar-refractivity contribution in [3.05, 3.63) is 120 Å². The van der Waals surface area contributed by atoms with Gasteiger partial charge in [0, 0.05) is 5.56 Å². The van der Waals surface area contributed by atoms with Crippen molar-refractivity contribution in [2.45, 2.75) is 55.5 Å². The minimum atomic E-state index is -3.99. The summed E-state index contributed by atoms with van der Waals surface area (Å²) in [5.74, 6) is -0.822. The van der Waals surface area contributed by atoms with E-state index in [-0.39, 0.29) is 32.6 Å². The highest BCUT2D eigenvalue weighted by molar-refractivity contribution is 7.87. The Morgan fingerprint density at radius 2 is 1.23 bits per heavy atom. The maximum atomic E-state index is 12.5. The third kappa shape index (κ3) is 10.9. The normalized spacial score (nSPS) is 12.9. The number of carbonyl (C=O) groups excluding carboxylic acids is 2. The molecule has 4 rings (SSSR count). The lowest BCUT2D eigenvalue weighted by Crippen LogP contribution is -2.31. The van der Waals surface area contributed by atoms with Crippen LogP contribution in [0.3, 0.4) is 0 Å². The van der Waals surface area contributed by atoms with E-state index < -0.39 is 46.7 Å². The van der Waals surface area contributed by atoms with Crippen LogP contribution < -0.4 is 8.37 Å². The number of methoxy groups -OCH3 is 1. The number of esters is 1. The Bertz CT molecular complexity index is 1900. The van der Waals surface area contributed by atoms with Crippen LogP contribution in [0, 0.1) is 6.92 Å². The molecule has 0 saturated heterocycles. The minimum absolute atomic E-state index is 0.0433. The lowest BCUT2D eigenvalue weighted by Gasteiger charge is -2.26. The molecule has 11 nitrogen and oxygen atoms in total. The van der Waals surface area contributed by atoms with Gasteiger partial charge in [0.1, 0.15) is 27.4 Å². The van der Waals surface area contributed by atoms with Crippen molar-refractivity contribution < 1.29 is 49.1 Å². The van der Waals surface area contributed by atoms with Crippen molar-refractivity contribution in [1.82, 2.24) is 0 Å². The number of Topliss-reactive ketones (excluding diaryl/α,β-unsaturated/α-hetero) is 1. The van der Waals surface area contributed by atoms with Gasteiger partial charge in [-0.05, 0) is 81.5 Å². The van der Waals surface area contributed by atoms with Gasteiger partial charge in [0.25, 0.3) is 0 Å². The summed E-state index contributed by atoms with van der Waals surface area (Å²) in [6.07, 6.45) is -2.28. The first-order chi connectivity index (χ1) is 22.4. The fourth-order valence-electron chi connectivity index (χ4n) is 4.08. The molecule has 48 heavy (non-hydrogen) atoms. The topological polar surface area (TPSA) is 160 Å². The fourth-order valence-corrected chi connectivity index (χ4v) is 6.98. The molecule has 0 bridgehead atoms. The second kappa shape index (κ2) is 16.2. The largest absolute Gasteiger partial charge is 0.467 e. The van der Waals surface area contributed by atoms with Gasteiger partial charge in [0.2, 0.25) is 0 Å². The lowest BCUT2D eigenvalue weighted by atomic mass is 10.1. The van der Waals surface area contributed by atoms with Gasteiger partial charge in [-0.1, -0.05) is 66.2 Å². The van der Waals surface area contributed by atoms with Gasteiger partial charge in [0.15, 0.2) is 20.2 Å². The summed E-state index contributed by atoms with van der Waals surface area (Å²) in [5.41, 5.74) is 1.62. The maximum Gasteiger partial charge on any atom is 0.339 e. The number of aliphatic hydroxyl groups is 1. The zero-order valence-corrected chi connectivity index (χ0v) is 29.9. The van der Waals surface area contributed by atoms with Crippen LogP contribution in [0.2, 0.25) is 19.6 Å². The van der Waals surface area contributed by atoms with Gasteiger partial charge in [-0.25, -0.2) is 4.79 Å². The van der Waals surface area contributed by atoms with E-state index in [1.54, 1.807) is 48.5 Å². The van der Waals surface area contributed by atoms with Gasteiger partial charge in [-0.3, -0.25) is 4.79 Å². The van der Waals surface area contributed by atoms with Gasteiger partial charge >= 0.3 is 26.2 Å². The summed E-state index contributed by atoms with van der Waals surface area (Å²) >= 11 is 0. The number of ketones is 1. The molecular formula is C34H38O11S2Si. The number of ether oxygens (including phenoxy) is 1. The SMILES string of the molecule is CC(=O)C(O[Si](C)(C)C)c1ccccc1OS(=O)(=O)c1ccccc1.COC(=O)C(O)c1ccc(OS(=O)(=O)c2ccc(C)cc2)cc1. The molecule has 4 aromatic rings. The molecule has 256 valence electrons. The van der Waals surface area contributed by atoms with Crippen molar-refractivity contribution in [1.29, 1.82) is 0 Å². The summed E-state index contributed by atoms with van der Waals surface area (Å²) in [6.45, 7) is 9.17. The molecule has 0 radical (unpaired) electrons. The number of para-hydroxylation sites is 1. The van der Waals surface area contributed by atoms with Crippen LogP contribution in [0.5, 0.6) is 11.5 Å². The average molecular weight is 715 g/mol. The summed E-state index contributed by atoms with van der Waals surface area (Å²) < 4.78 is 70.0. The Labute approximate surface area is 282 Å². The van der Waals surface area contributed by atoms with E-state index in [1.165, 1.54) is 61.5 Å². The number of carbonyl (C=O) groups is 2. The molecule has 0 amide bonds. The predicted molar refractivity (Wildman–Crippen MR) is 181 cm³/mol. The highest BCUT2D eigenvalue weighted by Crippen LogP contribution is 2.32. The molecule has 1 N–H and O–H groups in total. The van der Waals surface area contributed by atoms with Crippen LogP contribution in [-0.4, -0.2) is 49.1 Å². The van der Waals surface area contributed by atoms with E-state index in [0.29, 0.717) is 5.56 Å². The molecule has 2 unspecified atom stereocenters. The number of hydrogen-bond acceptors (Lipinski definition) is 11. The second-order valence-electron chi connectivity index (χ2n) is 11.5. The Morgan fingerprint density at radius 1 is 0.708 bits per heavy atom. The minimum Gasteiger partial charge on any atom is -0.467 e. The van der Waals surface area contributed by atoms with Gasteiger partial charge in [-0.15, -0.1) is 0 Å². The van der Waals surface area contributed by atoms with Gasteiger partial charge in [-0.2, -0.15) is 16.8 Å². The van der Waals surface area contributed by atoms with E-state index in [0.717, 1.165) is 12.7 Å². The number of aryl methyl sites for hydroxylation is 1. The Hall–Kier alpha value is -4.34. The number of aliphatic hydroxyl groups excluding tert-OH is 1. The molecule has 0 aromatic heterocycles. The summed E-state index contributed by atoms with van der Waals surface area (Å²) in [6, 6.07) is 26.2. The Kier molecular flexibility index (Phi) is 12.8. The highest BCUT2D eigenvalue weighted by atomic mass is 32.2. The number of hydrogen-bond donors (Lipinski definition) is 1. The first kappa shape index (κ1) is 38.1. The maximum absolute atomic E-state index is 12.5. The molecule has 0 saturated carbocycles. The van der Waals surface area contributed by atoms with Crippen molar-refractivity contribution in [2.24, 2.45) is 0 Å². The molecule has 4 aromatic carbocycles. The third-order valence-electron chi connectivity index (χ3n) is 6.41. The van der Waals surface area contributed by atoms with Crippen molar-refractivity contribution in [2.75, 3.05) is 7.11 Å². The molecule has 2 atom stereocenters. The number of rotatable bonds is 12. The molecule has 0 spiro atoms. The van der Waals surface area contributed by atoms with Crippen molar-refractivity contribution >= 4 is 40.3 Å². The smallest absolute Gasteiger partial charge is 0.339 e. The molecular weight excluding hydrogens is 677 g/mol. The van der Waals surface area contributed by atoms with Crippen LogP contribution in [0.25, 0.3) is 0 Å². The standard InChI is InChI=1S/C18H22O5SSi.C16H16O6S/c1-14(19)18(23-25(2,3)4)16-12-8-9-13-17(16)22-24(20,21)15-10-6-5-7-11-15;1-11-3-9-14(10-4-11)23(19,20)22-13-7-5-12(6-8-13)15(17)16(18)21-2/h5-13,18H,1-4H3;3-10,15,17H,1-2H3. The highest BCUT2D eigenvalue weighted by Gasteiger charge is 2.29. The van der Waals surface area contributed by atoms with E-state index >= 15 is 0 Å². The summed E-state index contributed by atoms with van der Waals surface area (Å²) in [4.78, 5) is 23.4. The van der Waals surface area contributed by atoms with Crippen LogP contribution in [0.15, 0.2) is 113 Å². The zero-order chi connectivity index (χ0) is 35.7. The molecule has 0 aliphatic carbocycles. The van der Waals surface area contributed by atoms with E-state index in [2.05, 4.69) is 4.74 Å². The Morgan fingerprint density at radius 3 is 1.77 bits per heavy atom. The van der Waals surface area contributed by atoms with E-state index in [9.17, 15) is 31.5 Å². The average Bonchev–Trinajstić information content (AvgIpc) is 3.04. The Balaban J connectivity index is 0.000000261. The third-order valence-corrected chi connectivity index (χ3v) is 9.86. The predicted octanol–water partition coefficient (Wildman–Crippen LogP) is 5.91. The molecule has 14 heteroatoms. The first-order valence-electron chi connectivity index (χ1n) is 14.6. The van der Waals surface area contributed by atoms with E-state index in [4.69, 9.17) is 12.8 Å². The lowest BCUT2D eigenvalue weighted by molar-refractivity contribution is -0.150. The van der Waals surface area contributed by atoms with Gasteiger partial charge in [0.05, 0.1) is 7.11 Å². The fraction of sp³-hybridized carbons (Fsp3) is 0.235. The summed E-state index contributed by atoms with van der Waals surface area (Å²) in [5, 5.41) is 9.68. The monoisotopic (exact) mass is 714 g/mol. The first-order valence-corrected chi connectivity index (χ1v) is 20.8. The van der Waals surface area contributed by atoms with Crippen molar-refractivity contribution in [3.8, 4) is 11.5 Å².